The minimum Gasteiger partial charge on any atom is -0.481 e. The highest BCUT2D eigenvalue weighted by molar-refractivity contribution is 5.93. The van der Waals surface area contributed by atoms with Crippen molar-refractivity contribution in [1.29, 1.82) is 0 Å². The van der Waals surface area contributed by atoms with Crippen molar-refractivity contribution in [1.82, 2.24) is 10.2 Å². The Balaban J connectivity index is 2.92. The van der Waals surface area contributed by atoms with Crippen LogP contribution in [0.1, 0.15) is 20.3 Å². The molecule has 0 radical (unpaired) electrons. The molecule has 0 spiro atoms. The molecule has 0 saturated carbocycles. The van der Waals surface area contributed by atoms with Gasteiger partial charge in [0.15, 0.2) is 0 Å². The van der Waals surface area contributed by atoms with Crippen molar-refractivity contribution in [2.45, 2.75) is 26.3 Å². The summed E-state index contributed by atoms with van der Waals surface area (Å²) in [6.45, 7) is 4.15. The van der Waals surface area contributed by atoms with Crippen molar-refractivity contribution in [3.8, 4) is 0 Å². The summed E-state index contributed by atoms with van der Waals surface area (Å²) in [5.74, 6) is -1.82. The lowest BCUT2D eigenvalue weighted by Crippen LogP contribution is -2.60. The second-order valence-corrected chi connectivity index (χ2v) is 4.99. The van der Waals surface area contributed by atoms with Gasteiger partial charge in [-0.2, -0.15) is 0 Å². The van der Waals surface area contributed by atoms with E-state index in [0.29, 0.717) is 13.1 Å². The number of carbonyl (C=O) groups is 3. The lowest BCUT2D eigenvalue weighted by Gasteiger charge is -2.38. The molecule has 1 atom stereocenters. The molecule has 18 heavy (non-hydrogen) atoms. The lowest BCUT2D eigenvalue weighted by atomic mass is 9.90. The quantitative estimate of drug-likeness (QED) is 0.584. The monoisotopic (exact) mass is 257 g/mol. The molecule has 7 heteroatoms. The number of nitrogens with one attached hydrogen (secondary N) is 1. The fourth-order valence-corrected chi connectivity index (χ4v) is 1.80. The molecule has 0 bridgehead atoms. The van der Waals surface area contributed by atoms with Crippen LogP contribution in [-0.4, -0.2) is 53.5 Å². The number of carboxylic acid groups (broad SMARTS) is 1. The molecule has 0 aromatic heterocycles. The Morgan fingerprint density at radius 2 is 2.17 bits per heavy atom. The molecule has 102 valence electrons. The number of nitrogens with two attached hydrogens (primary N) is 1. The first kappa shape index (κ1) is 14.4. The van der Waals surface area contributed by atoms with Gasteiger partial charge in [0.2, 0.25) is 11.8 Å². The highest BCUT2D eigenvalue weighted by Crippen LogP contribution is 2.21. The number of carbonyl (C=O) groups excluding carboxylic acids is 2. The molecule has 1 rings (SSSR count). The molecule has 0 aromatic rings. The van der Waals surface area contributed by atoms with Crippen LogP contribution < -0.4 is 11.1 Å². The van der Waals surface area contributed by atoms with Crippen molar-refractivity contribution < 1.29 is 19.5 Å². The highest BCUT2D eigenvalue weighted by atomic mass is 16.4. The minimum absolute atomic E-state index is 0.143. The minimum atomic E-state index is -1.11. The Hall–Kier alpha value is -1.63. The van der Waals surface area contributed by atoms with Crippen LogP contribution in [0.25, 0.3) is 0 Å². The maximum atomic E-state index is 12.3. The van der Waals surface area contributed by atoms with E-state index in [9.17, 15) is 14.4 Å². The topological polar surface area (TPSA) is 113 Å². The van der Waals surface area contributed by atoms with E-state index in [2.05, 4.69) is 5.32 Å². The molecular formula is C11H19N3O4. The van der Waals surface area contributed by atoms with Gasteiger partial charge in [-0.1, -0.05) is 0 Å². The van der Waals surface area contributed by atoms with Gasteiger partial charge in [0.25, 0.3) is 0 Å². The van der Waals surface area contributed by atoms with E-state index in [1.807, 2.05) is 0 Å². The lowest BCUT2D eigenvalue weighted by molar-refractivity contribution is -0.153. The molecule has 4 N–H and O–H groups in total. The predicted molar refractivity (Wildman–Crippen MR) is 63.6 cm³/mol. The van der Waals surface area contributed by atoms with E-state index in [0.717, 1.165) is 0 Å². The van der Waals surface area contributed by atoms with E-state index in [4.69, 9.17) is 10.8 Å². The number of amides is 2. The van der Waals surface area contributed by atoms with Gasteiger partial charge in [-0.15, -0.1) is 0 Å². The second-order valence-electron chi connectivity index (χ2n) is 4.99. The third kappa shape index (κ3) is 2.98. The Bertz CT molecular complexity index is 367. The first-order chi connectivity index (χ1) is 8.29. The normalized spacial score (nSPS) is 20.5. The molecule has 7 nitrogen and oxygen atoms in total. The van der Waals surface area contributed by atoms with Gasteiger partial charge in [0.05, 0.1) is 11.8 Å². The van der Waals surface area contributed by atoms with E-state index < -0.39 is 29.8 Å². The molecule has 0 aromatic carbocycles. The maximum Gasteiger partial charge on any atom is 0.305 e. The standard InChI is InChI=1S/C11H19N3O4/c1-11(2,6-12)10(18)14-4-3-13-9(17)7(14)5-8(15)16/h7H,3-6,12H2,1-2H3,(H,13,17)(H,15,16). The Morgan fingerprint density at radius 1 is 1.56 bits per heavy atom. The second kappa shape index (κ2) is 5.34. The number of aliphatic carboxylic acids is 1. The summed E-state index contributed by atoms with van der Waals surface area (Å²) >= 11 is 0. The number of hydrogen-bond donors (Lipinski definition) is 3. The number of nitrogens with zero attached hydrogens (tertiary/aromatic N) is 1. The van der Waals surface area contributed by atoms with Crippen molar-refractivity contribution in [3.63, 3.8) is 0 Å². The molecule has 1 heterocycles. The van der Waals surface area contributed by atoms with Crippen LogP contribution in [0.3, 0.4) is 0 Å². The Kier molecular flexibility index (Phi) is 4.28. The van der Waals surface area contributed by atoms with Crippen molar-refractivity contribution >= 4 is 17.8 Å². The smallest absolute Gasteiger partial charge is 0.305 e. The summed E-state index contributed by atoms with van der Waals surface area (Å²) < 4.78 is 0. The fraction of sp³-hybridized carbons (Fsp3) is 0.727. The van der Waals surface area contributed by atoms with Gasteiger partial charge >= 0.3 is 5.97 Å². The van der Waals surface area contributed by atoms with Gasteiger partial charge < -0.3 is 21.1 Å². The highest BCUT2D eigenvalue weighted by Gasteiger charge is 2.40. The van der Waals surface area contributed by atoms with Gasteiger partial charge in [0.1, 0.15) is 6.04 Å². The Morgan fingerprint density at radius 3 is 2.67 bits per heavy atom. The fourth-order valence-electron chi connectivity index (χ4n) is 1.80. The summed E-state index contributed by atoms with van der Waals surface area (Å²) in [4.78, 5) is 36.0. The van der Waals surface area contributed by atoms with Crippen LogP contribution in [0.2, 0.25) is 0 Å². The summed E-state index contributed by atoms with van der Waals surface area (Å²) in [6, 6.07) is -0.949. The summed E-state index contributed by atoms with van der Waals surface area (Å²) in [7, 11) is 0. The SMILES string of the molecule is CC(C)(CN)C(=O)N1CCNC(=O)C1CC(=O)O. The molecule has 2 amide bonds. The average Bonchev–Trinajstić information content (AvgIpc) is 2.30. The summed E-state index contributed by atoms with van der Waals surface area (Å²) in [6.07, 6.45) is -0.391. The van der Waals surface area contributed by atoms with E-state index in [1.165, 1.54) is 4.90 Å². The van der Waals surface area contributed by atoms with E-state index in [1.54, 1.807) is 13.8 Å². The van der Waals surface area contributed by atoms with Gasteiger partial charge in [-0.3, -0.25) is 14.4 Å². The Labute approximate surface area is 105 Å². The largest absolute Gasteiger partial charge is 0.481 e. The van der Waals surface area contributed by atoms with Crippen LogP contribution in [0.5, 0.6) is 0 Å². The van der Waals surface area contributed by atoms with Crippen molar-refractivity contribution in [2.24, 2.45) is 11.1 Å². The first-order valence-electron chi connectivity index (χ1n) is 5.80. The third-order valence-corrected chi connectivity index (χ3v) is 3.05. The summed E-state index contributed by atoms with van der Waals surface area (Å²) in [5.41, 5.74) is 4.73. The number of hydrogen-bond acceptors (Lipinski definition) is 4. The zero-order valence-electron chi connectivity index (χ0n) is 10.6. The molecule has 1 fully saturated rings. The van der Waals surface area contributed by atoms with E-state index >= 15 is 0 Å². The maximum absolute atomic E-state index is 12.3. The van der Waals surface area contributed by atoms with Crippen LogP contribution >= 0.6 is 0 Å². The molecular weight excluding hydrogens is 238 g/mol. The van der Waals surface area contributed by atoms with Crippen LogP contribution in [-0.2, 0) is 14.4 Å². The number of piperazine rings is 1. The molecule has 1 unspecified atom stereocenters. The van der Waals surface area contributed by atoms with Crippen LogP contribution in [0.15, 0.2) is 0 Å². The third-order valence-electron chi connectivity index (χ3n) is 3.05. The van der Waals surface area contributed by atoms with Gasteiger partial charge in [-0.05, 0) is 13.8 Å². The first-order valence-corrected chi connectivity index (χ1v) is 5.80. The summed E-state index contributed by atoms with van der Waals surface area (Å²) in [5, 5.41) is 11.4. The molecule has 0 aliphatic carbocycles. The molecule has 1 saturated heterocycles. The zero-order chi connectivity index (χ0) is 13.9. The van der Waals surface area contributed by atoms with Gasteiger partial charge in [-0.25, -0.2) is 0 Å². The van der Waals surface area contributed by atoms with Gasteiger partial charge in [0, 0.05) is 19.6 Å². The molecule has 1 aliphatic heterocycles. The van der Waals surface area contributed by atoms with Crippen molar-refractivity contribution in [2.75, 3.05) is 19.6 Å². The van der Waals surface area contributed by atoms with Crippen LogP contribution in [0, 0.1) is 5.41 Å². The average molecular weight is 257 g/mol. The number of carboxylic acids is 1. The van der Waals surface area contributed by atoms with E-state index in [-0.39, 0.29) is 12.5 Å². The zero-order valence-corrected chi connectivity index (χ0v) is 10.6. The number of rotatable bonds is 4. The van der Waals surface area contributed by atoms with Crippen molar-refractivity contribution in [3.05, 3.63) is 0 Å². The molecule has 1 aliphatic rings. The van der Waals surface area contributed by atoms with Crippen LogP contribution in [0.4, 0.5) is 0 Å². The predicted octanol–water partition coefficient (Wildman–Crippen LogP) is -1.23.